The zero-order valence-corrected chi connectivity index (χ0v) is 9.67. The second-order valence-electron chi connectivity index (χ2n) is 3.82. The first-order chi connectivity index (χ1) is 7.77. The molecule has 1 atom stereocenters. The Bertz CT molecular complexity index is 375. The second-order valence-corrected chi connectivity index (χ2v) is 4.23. The number of rotatable bonds is 3. The summed E-state index contributed by atoms with van der Waals surface area (Å²) in [6.07, 6.45) is 2.25. The van der Waals surface area contributed by atoms with Gasteiger partial charge in [-0.3, -0.25) is 4.79 Å². The largest absolute Gasteiger partial charge is 0.376 e. The number of hydrogen-bond donors (Lipinski definition) is 1. The molecule has 3 nitrogen and oxygen atoms in total. The summed E-state index contributed by atoms with van der Waals surface area (Å²) in [6.45, 7) is 1.36. The monoisotopic (exact) mass is 239 g/mol. The lowest BCUT2D eigenvalue weighted by atomic mass is 10.2. The summed E-state index contributed by atoms with van der Waals surface area (Å²) in [5.74, 6) is -0.138. The first-order valence-electron chi connectivity index (χ1n) is 5.41. The Labute approximate surface area is 99.7 Å². The third kappa shape index (κ3) is 2.74. The summed E-state index contributed by atoms with van der Waals surface area (Å²) in [4.78, 5) is 11.8. The molecule has 16 heavy (non-hydrogen) atoms. The van der Waals surface area contributed by atoms with E-state index in [1.807, 2.05) is 0 Å². The molecule has 1 amide bonds. The van der Waals surface area contributed by atoms with E-state index in [9.17, 15) is 4.79 Å². The van der Waals surface area contributed by atoms with Crippen LogP contribution < -0.4 is 5.32 Å². The van der Waals surface area contributed by atoms with Gasteiger partial charge < -0.3 is 10.1 Å². The van der Waals surface area contributed by atoms with E-state index in [0.717, 1.165) is 19.4 Å². The number of ether oxygens (including phenoxy) is 1. The lowest BCUT2D eigenvalue weighted by Crippen LogP contribution is -2.31. The maximum absolute atomic E-state index is 11.8. The van der Waals surface area contributed by atoms with Crippen molar-refractivity contribution in [1.29, 1.82) is 0 Å². The molecule has 0 saturated carbocycles. The molecule has 1 aromatic carbocycles. The van der Waals surface area contributed by atoms with Crippen LogP contribution >= 0.6 is 11.6 Å². The highest BCUT2D eigenvalue weighted by molar-refractivity contribution is 6.33. The number of carbonyl (C=O) groups excluding carboxylic acids is 1. The highest BCUT2D eigenvalue weighted by Gasteiger charge is 2.17. The molecule has 2 rings (SSSR count). The predicted molar refractivity (Wildman–Crippen MR) is 62.8 cm³/mol. The number of amides is 1. The lowest BCUT2D eigenvalue weighted by Gasteiger charge is -2.11. The van der Waals surface area contributed by atoms with E-state index in [2.05, 4.69) is 5.32 Å². The van der Waals surface area contributed by atoms with E-state index >= 15 is 0 Å². The maximum atomic E-state index is 11.8. The Balaban J connectivity index is 1.90. The van der Waals surface area contributed by atoms with Crippen molar-refractivity contribution in [3.8, 4) is 0 Å². The van der Waals surface area contributed by atoms with Crippen molar-refractivity contribution in [2.24, 2.45) is 0 Å². The van der Waals surface area contributed by atoms with Crippen LogP contribution in [0, 0.1) is 0 Å². The Morgan fingerprint density at radius 2 is 2.31 bits per heavy atom. The van der Waals surface area contributed by atoms with Gasteiger partial charge in [0.2, 0.25) is 0 Å². The fraction of sp³-hybridized carbons (Fsp3) is 0.417. The Morgan fingerprint density at radius 1 is 1.50 bits per heavy atom. The molecule has 1 heterocycles. The fourth-order valence-corrected chi connectivity index (χ4v) is 1.97. The third-order valence-electron chi connectivity index (χ3n) is 2.63. The third-order valence-corrected chi connectivity index (χ3v) is 2.96. The number of hydrogen-bond acceptors (Lipinski definition) is 2. The van der Waals surface area contributed by atoms with Crippen LogP contribution in [0.5, 0.6) is 0 Å². The van der Waals surface area contributed by atoms with E-state index in [1.165, 1.54) is 0 Å². The van der Waals surface area contributed by atoms with Crippen molar-refractivity contribution in [3.05, 3.63) is 34.9 Å². The standard InChI is InChI=1S/C12H14ClNO2/c13-11-6-2-1-5-10(11)12(15)14-8-9-4-3-7-16-9/h1-2,5-6,9H,3-4,7-8H2,(H,14,15)/t9-/m0/s1. The highest BCUT2D eigenvalue weighted by Crippen LogP contribution is 2.15. The van der Waals surface area contributed by atoms with Crippen LogP contribution in [0.3, 0.4) is 0 Å². The van der Waals surface area contributed by atoms with Gasteiger partial charge in [0.1, 0.15) is 0 Å². The molecule has 1 fully saturated rings. The van der Waals surface area contributed by atoms with Gasteiger partial charge in [0, 0.05) is 13.2 Å². The molecule has 1 saturated heterocycles. The summed E-state index contributed by atoms with van der Waals surface area (Å²) in [5.41, 5.74) is 0.516. The molecule has 1 aliphatic heterocycles. The van der Waals surface area contributed by atoms with Crippen LogP contribution in [0.4, 0.5) is 0 Å². The summed E-state index contributed by atoms with van der Waals surface area (Å²) in [6, 6.07) is 7.03. The number of nitrogens with one attached hydrogen (secondary N) is 1. The SMILES string of the molecule is O=C(NC[C@@H]1CCCO1)c1ccccc1Cl. The molecule has 4 heteroatoms. The summed E-state index contributed by atoms with van der Waals surface area (Å²) in [7, 11) is 0. The zero-order chi connectivity index (χ0) is 11.4. The van der Waals surface area contributed by atoms with E-state index < -0.39 is 0 Å². The summed E-state index contributed by atoms with van der Waals surface area (Å²) in [5, 5.41) is 3.31. The van der Waals surface area contributed by atoms with Crippen LogP contribution in [0.15, 0.2) is 24.3 Å². The van der Waals surface area contributed by atoms with Crippen LogP contribution in [-0.2, 0) is 4.74 Å². The van der Waals surface area contributed by atoms with Gasteiger partial charge in [-0.25, -0.2) is 0 Å². The van der Waals surface area contributed by atoms with Crippen molar-refractivity contribution in [1.82, 2.24) is 5.32 Å². The normalized spacial score (nSPS) is 19.7. The van der Waals surface area contributed by atoms with E-state index in [1.54, 1.807) is 24.3 Å². The topological polar surface area (TPSA) is 38.3 Å². The van der Waals surface area contributed by atoms with E-state index in [4.69, 9.17) is 16.3 Å². The van der Waals surface area contributed by atoms with Crippen molar-refractivity contribution >= 4 is 17.5 Å². The van der Waals surface area contributed by atoms with Crippen LogP contribution in [0.2, 0.25) is 5.02 Å². The molecule has 0 aromatic heterocycles. The minimum atomic E-state index is -0.138. The van der Waals surface area contributed by atoms with Gasteiger partial charge >= 0.3 is 0 Å². The second kappa shape index (κ2) is 5.32. The van der Waals surface area contributed by atoms with Gasteiger partial charge in [-0.15, -0.1) is 0 Å². The van der Waals surface area contributed by atoms with Gasteiger partial charge in [0.15, 0.2) is 0 Å². The molecule has 1 aliphatic rings. The van der Waals surface area contributed by atoms with Gasteiger partial charge in [-0.05, 0) is 25.0 Å². The van der Waals surface area contributed by atoms with Crippen LogP contribution in [-0.4, -0.2) is 25.2 Å². The molecule has 0 unspecified atom stereocenters. The molecule has 86 valence electrons. The average molecular weight is 240 g/mol. The van der Waals surface area contributed by atoms with Gasteiger partial charge in [0.05, 0.1) is 16.7 Å². The van der Waals surface area contributed by atoms with Crippen molar-refractivity contribution in [2.75, 3.05) is 13.2 Å². The number of halogens is 1. The Hall–Kier alpha value is -1.06. The molecule has 0 aliphatic carbocycles. The van der Waals surface area contributed by atoms with E-state index in [-0.39, 0.29) is 12.0 Å². The fourth-order valence-electron chi connectivity index (χ4n) is 1.75. The van der Waals surface area contributed by atoms with Crippen LogP contribution in [0.25, 0.3) is 0 Å². The lowest BCUT2D eigenvalue weighted by molar-refractivity contribution is 0.0858. The highest BCUT2D eigenvalue weighted by atomic mass is 35.5. The van der Waals surface area contributed by atoms with Gasteiger partial charge in [-0.1, -0.05) is 23.7 Å². The van der Waals surface area contributed by atoms with E-state index in [0.29, 0.717) is 17.1 Å². The molecular formula is C12H14ClNO2. The molecule has 0 bridgehead atoms. The molecular weight excluding hydrogens is 226 g/mol. The summed E-state index contributed by atoms with van der Waals surface area (Å²) >= 11 is 5.92. The van der Waals surface area contributed by atoms with Crippen molar-refractivity contribution in [2.45, 2.75) is 18.9 Å². The average Bonchev–Trinajstić information content (AvgIpc) is 2.79. The zero-order valence-electron chi connectivity index (χ0n) is 8.91. The minimum Gasteiger partial charge on any atom is -0.376 e. The van der Waals surface area contributed by atoms with Gasteiger partial charge in [-0.2, -0.15) is 0 Å². The minimum absolute atomic E-state index is 0.138. The smallest absolute Gasteiger partial charge is 0.252 e. The predicted octanol–water partition coefficient (Wildman–Crippen LogP) is 2.25. The van der Waals surface area contributed by atoms with Crippen LogP contribution in [0.1, 0.15) is 23.2 Å². The van der Waals surface area contributed by atoms with Crippen molar-refractivity contribution < 1.29 is 9.53 Å². The summed E-state index contributed by atoms with van der Waals surface area (Å²) < 4.78 is 5.42. The molecule has 1 aromatic rings. The van der Waals surface area contributed by atoms with Gasteiger partial charge in [0.25, 0.3) is 5.91 Å². The van der Waals surface area contributed by atoms with Crippen molar-refractivity contribution in [3.63, 3.8) is 0 Å². The first kappa shape index (κ1) is 11.4. The Kier molecular flexibility index (Phi) is 3.80. The maximum Gasteiger partial charge on any atom is 0.252 e. The number of benzene rings is 1. The Morgan fingerprint density at radius 3 is 3.00 bits per heavy atom. The molecule has 0 radical (unpaired) electrons. The molecule has 1 N–H and O–H groups in total. The first-order valence-corrected chi connectivity index (χ1v) is 5.79. The quantitative estimate of drug-likeness (QED) is 0.879. The molecule has 0 spiro atoms. The number of carbonyl (C=O) groups is 1.